The molecule has 4 aromatic rings. The first kappa shape index (κ1) is 31.7. The lowest BCUT2D eigenvalue weighted by atomic mass is 9.82. The molecule has 40 heavy (non-hydrogen) atoms. The van der Waals surface area contributed by atoms with Crippen LogP contribution in [0.5, 0.6) is 0 Å². The van der Waals surface area contributed by atoms with Gasteiger partial charge in [-0.1, -0.05) is 89.0 Å². The zero-order valence-electron chi connectivity index (χ0n) is 24.0. The molecule has 4 rings (SSSR count). The van der Waals surface area contributed by atoms with Crippen molar-refractivity contribution in [1.82, 2.24) is 29.5 Å². The number of aromatic nitrogens is 6. The van der Waals surface area contributed by atoms with Crippen LogP contribution in [0.25, 0.3) is 0 Å². The molecule has 0 saturated carbocycles. The highest BCUT2D eigenvalue weighted by atomic mass is 35.5. The van der Waals surface area contributed by atoms with Crippen LogP contribution in [-0.4, -0.2) is 51.9 Å². The number of aliphatic hydroxyl groups excluding tert-OH is 2. The fourth-order valence-electron chi connectivity index (χ4n) is 4.36. The third-order valence-electron chi connectivity index (χ3n) is 6.77. The molecule has 216 valence electrons. The van der Waals surface area contributed by atoms with Gasteiger partial charge in [0.1, 0.15) is 25.3 Å². The van der Waals surface area contributed by atoms with Gasteiger partial charge in [-0.25, -0.2) is 19.3 Å². The normalized spacial score (nSPS) is 15.1. The Labute approximate surface area is 247 Å². The van der Waals surface area contributed by atoms with E-state index in [9.17, 15) is 10.2 Å². The molecule has 0 radical (unpaired) electrons. The summed E-state index contributed by atoms with van der Waals surface area (Å²) in [5.74, 6) is 0. The number of hydrogen-bond donors (Lipinski definition) is 2. The van der Waals surface area contributed by atoms with Crippen LogP contribution in [0.15, 0.2) is 73.8 Å². The Hall–Kier alpha value is -2.78. The second-order valence-corrected chi connectivity index (χ2v) is 13.0. The van der Waals surface area contributed by atoms with Gasteiger partial charge in [0, 0.05) is 10.0 Å². The van der Waals surface area contributed by atoms with Gasteiger partial charge in [0.2, 0.25) is 0 Å². The third kappa shape index (κ3) is 9.13. The van der Waals surface area contributed by atoms with E-state index in [2.05, 4.69) is 20.2 Å². The van der Waals surface area contributed by atoms with Crippen molar-refractivity contribution >= 4 is 23.2 Å². The van der Waals surface area contributed by atoms with Crippen LogP contribution in [0.3, 0.4) is 0 Å². The third-order valence-corrected chi connectivity index (χ3v) is 7.28. The van der Waals surface area contributed by atoms with Gasteiger partial charge in [-0.2, -0.15) is 10.2 Å². The molecule has 0 aliphatic rings. The van der Waals surface area contributed by atoms with E-state index in [4.69, 9.17) is 23.2 Å². The van der Waals surface area contributed by atoms with E-state index in [1.54, 1.807) is 22.0 Å². The van der Waals surface area contributed by atoms with Crippen molar-refractivity contribution in [3.63, 3.8) is 0 Å². The van der Waals surface area contributed by atoms with Crippen LogP contribution in [-0.2, 0) is 12.8 Å². The molecule has 0 spiro atoms. The first-order valence-corrected chi connectivity index (χ1v) is 14.0. The molecule has 0 bridgehead atoms. The lowest BCUT2D eigenvalue weighted by molar-refractivity contribution is 0.0124. The SMILES string of the molecule is CC(C)(C)[C@@H](O)C(Cc1ccc(Cl)cc1)n1cncn1.CC(C)(C)[C@H](O)C(Cc1ccc(Cl)cc1)n1cncn1. The van der Waals surface area contributed by atoms with Gasteiger partial charge in [0.05, 0.1) is 24.3 Å². The van der Waals surface area contributed by atoms with Crippen LogP contribution in [0.1, 0.15) is 64.8 Å². The Morgan fingerprint density at radius 3 is 1.20 bits per heavy atom. The molecule has 2 aromatic heterocycles. The van der Waals surface area contributed by atoms with Gasteiger partial charge in [-0.15, -0.1) is 0 Å². The minimum absolute atomic E-state index is 0.154. The van der Waals surface area contributed by atoms with E-state index in [0.717, 1.165) is 11.1 Å². The zero-order chi connectivity index (χ0) is 29.5. The molecule has 8 nitrogen and oxygen atoms in total. The van der Waals surface area contributed by atoms with E-state index in [-0.39, 0.29) is 22.9 Å². The molecule has 2 heterocycles. The summed E-state index contributed by atoms with van der Waals surface area (Å²) in [6, 6.07) is 15.0. The van der Waals surface area contributed by atoms with Crippen molar-refractivity contribution in [2.45, 2.75) is 78.7 Å². The van der Waals surface area contributed by atoms with Gasteiger partial charge in [0.15, 0.2) is 0 Å². The van der Waals surface area contributed by atoms with E-state index < -0.39 is 12.2 Å². The van der Waals surface area contributed by atoms with Gasteiger partial charge in [-0.05, 0) is 59.1 Å². The molecule has 4 atom stereocenters. The molecule has 2 unspecified atom stereocenters. The number of aliphatic hydroxyl groups is 2. The zero-order valence-corrected chi connectivity index (χ0v) is 25.5. The first-order valence-electron chi connectivity index (χ1n) is 13.3. The number of nitrogens with zero attached hydrogens (tertiary/aromatic N) is 6. The lowest BCUT2D eigenvalue weighted by Crippen LogP contribution is -2.37. The van der Waals surface area contributed by atoms with Gasteiger partial charge in [0.25, 0.3) is 0 Å². The summed E-state index contributed by atoms with van der Waals surface area (Å²) in [4.78, 5) is 7.97. The van der Waals surface area contributed by atoms with E-state index in [0.29, 0.717) is 22.9 Å². The molecule has 0 amide bonds. The summed E-state index contributed by atoms with van der Waals surface area (Å²) in [6.07, 6.45) is 6.58. The molecule has 0 aliphatic carbocycles. The van der Waals surface area contributed by atoms with Crippen molar-refractivity contribution in [2.75, 3.05) is 0 Å². The van der Waals surface area contributed by atoms with Gasteiger partial charge < -0.3 is 10.2 Å². The summed E-state index contributed by atoms with van der Waals surface area (Å²) in [5, 5.41) is 31.0. The number of hydrogen-bond acceptors (Lipinski definition) is 6. The number of halogens is 2. The molecule has 2 aromatic carbocycles. The molecule has 0 fully saturated rings. The summed E-state index contributed by atoms with van der Waals surface area (Å²) in [6.45, 7) is 12.1. The fraction of sp³-hybridized carbons (Fsp3) is 0.467. The monoisotopic (exact) mass is 586 g/mol. The van der Waals surface area contributed by atoms with Crippen molar-refractivity contribution < 1.29 is 10.2 Å². The largest absolute Gasteiger partial charge is 0.390 e. The molecule has 2 N–H and O–H groups in total. The lowest BCUT2D eigenvalue weighted by Gasteiger charge is -2.33. The average molecular weight is 588 g/mol. The van der Waals surface area contributed by atoms with Crippen LogP contribution in [0, 0.1) is 10.8 Å². The second-order valence-electron chi connectivity index (χ2n) is 12.2. The van der Waals surface area contributed by atoms with E-state index >= 15 is 0 Å². The van der Waals surface area contributed by atoms with Crippen LogP contribution < -0.4 is 0 Å². The Morgan fingerprint density at radius 1 is 0.625 bits per heavy atom. The van der Waals surface area contributed by atoms with Crippen molar-refractivity contribution in [3.05, 3.63) is 95.0 Å². The number of benzene rings is 2. The maximum absolute atomic E-state index is 10.6. The highest BCUT2D eigenvalue weighted by molar-refractivity contribution is 6.30. The quantitative estimate of drug-likeness (QED) is 0.253. The Morgan fingerprint density at radius 2 is 0.950 bits per heavy atom. The molecule has 0 saturated heterocycles. The van der Waals surface area contributed by atoms with E-state index in [1.807, 2.05) is 90.1 Å². The molecule has 0 aliphatic heterocycles. The van der Waals surface area contributed by atoms with Crippen molar-refractivity contribution in [3.8, 4) is 0 Å². The van der Waals surface area contributed by atoms with Gasteiger partial charge >= 0.3 is 0 Å². The minimum atomic E-state index is -0.528. The van der Waals surface area contributed by atoms with Crippen molar-refractivity contribution in [2.24, 2.45) is 10.8 Å². The summed E-state index contributed by atoms with van der Waals surface area (Å²) < 4.78 is 3.45. The maximum atomic E-state index is 10.6. The predicted molar refractivity (Wildman–Crippen MR) is 159 cm³/mol. The molecule has 10 heteroatoms. The van der Waals surface area contributed by atoms with E-state index in [1.165, 1.54) is 12.7 Å². The highest BCUT2D eigenvalue weighted by Crippen LogP contribution is 2.31. The van der Waals surface area contributed by atoms with Crippen LogP contribution >= 0.6 is 23.2 Å². The molecular formula is C30H40Cl2N6O2. The molecular weight excluding hydrogens is 547 g/mol. The Bertz CT molecular complexity index is 1160. The summed E-state index contributed by atoms with van der Waals surface area (Å²) in [5.41, 5.74) is 1.75. The second kappa shape index (κ2) is 13.7. The first-order chi connectivity index (χ1) is 18.8. The number of rotatable bonds is 8. The topological polar surface area (TPSA) is 102 Å². The predicted octanol–water partition coefficient (Wildman–Crippen LogP) is 6.24. The fourth-order valence-corrected chi connectivity index (χ4v) is 4.61. The Kier molecular flexibility index (Phi) is 10.9. The standard InChI is InChI=1S/2C15H20ClN3O/c2*1-15(2,3)14(20)13(19-10-17-9-18-19)8-11-4-6-12(16)7-5-11/h2*4-7,9-10,13-14,20H,8H2,1-3H3/t2*13?,14-/m10/s1. The van der Waals surface area contributed by atoms with Crippen molar-refractivity contribution in [1.29, 1.82) is 0 Å². The van der Waals surface area contributed by atoms with Gasteiger partial charge in [-0.3, -0.25) is 0 Å². The average Bonchev–Trinajstić information content (AvgIpc) is 3.62. The summed E-state index contributed by atoms with van der Waals surface area (Å²) >= 11 is 11.8. The van der Waals surface area contributed by atoms with Crippen LogP contribution in [0.2, 0.25) is 10.0 Å². The summed E-state index contributed by atoms with van der Waals surface area (Å²) in [7, 11) is 0. The smallest absolute Gasteiger partial charge is 0.137 e. The minimum Gasteiger partial charge on any atom is -0.390 e. The van der Waals surface area contributed by atoms with Crippen LogP contribution in [0.4, 0.5) is 0 Å². The Balaban J connectivity index is 0.000000220. The maximum Gasteiger partial charge on any atom is 0.137 e. The highest BCUT2D eigenvalue weighted by Gasteiger charge is 2.33.